The SMILES string of the molecule is C=C1/C=C\C=N/c2ncccc2C1Cc1ccncc1. The van der Waals surface area contributed by atoms with Crippen molar-refractivity contribution in [3.05, 3.63) is 78.3 Å². The topological polar surface area (TPSA) is 38.1 Å². The molecule has 0 saturated carbocycles. The van der Waals surface area contributed by atoms with Crippen molar-refractivity contribution in [2.75, 3.05) is 0 Å². The molecule has 3 heteroatoms. The van der Waals surface area contributed by atoms with Gasteiger partial charge in [-0.25, -0.2) is 9.98 Å². The van der Waals surface area contributed by atoms with Crippen molar-refractivity contribution < 1.29 is 0 Å². The molecule has 20 heavy (non-hydrogen) atoms. The van der Waals surface area contributed by atoms with Gasteiger partial charge in [0, 0.05) is 36.3 Å². The van der Waals surface area contributed by atoms with Crippen molar-refractivity contribution in [3.8, 4) is 0 Å². The average molecular weight is 261 g/mol. The van der Waals surface area contributed by atoms with E-state index in [2.05, 4.69) is 27.6 Å². The van der Waals surface area contributed by atoms with Crippen molar-refractivity contribution in [2.24, 2.45) is 4.99 Å². The summed E-state index contributed by atoms with van der Waals surface area (Å²) in [6.07, 6.45) is 12.0. The Balaban J connectivity index is 2.02. The summed E-state index contributed by atoms with van der Waals surface area (Å²) in [5.41, 5.74) is 3.43. The number of pyridine rings is 2. The summed E-state index contributed by atoms with van der Waals surface area (Å²) in [5, 5.41) is 0. The van der Waals surface area contributed by atoms with Crippen molar-refractivity contribution in [1.29, 1.82) is 0 Å². The smallest absolute Gasteiger partial charge is 0.155 e. The van der Waals surface area contributed by atoms with Crippen LogP contribution in [0.3, 0.4) is 0 Å². The standard InChI is InChI=1S/C17H15N3/c1-13-4-2-8-19-17-15(5-3-9-20-17)16(13)12-14-6-10-18-11-7-14/h2-11,16H,1,12H2/b4-2-,19-8-. The Bertz CT molecular complexity index is 672. The molecule has 0 fully saturated rings. The molecule has 3 heterocycles. The molecule has 0 aliphatic carbocycles. The number of nitrogens with zero attached hydrogens (tertiary/aromatic N) is 3. The number of aromatic nitrogens is 2. The van der Waals surface area contributed by atoms with E-state index in [1.54, 1.807) is 12.4 Å². The fraction of sp³-hybridized carbons (Fsp3) is 0.118. The van der Waals surface area contributed by atoms with E-state index in [1.807, 2.05) is 42.7 Å². The molecule has 1 aliphatic heterocycles. The van der Waals surface area contributed by atoms with E-state index in [4.69, 9.17) is 0 Å². The minimum Gasteiger partial charge on any atom is -0.265 e. The van der Waals surface area contributed by atoms with E-state index >= 15 is 0 Å². The fourth-order valence-electron chi connectivity index (χ4n) is 2.38. The van der Waals surface area contributed by atoms with Gasteiger partial charge in [-0.3, -0.25) is 4.98 Å². The molecule has 0 N–H and O–H groups in total. The molecular formula is C17H15N3. The molecule has 1 unspecified atom stereocenters. The van der Waals surface area contributed by atoms with Crippen molar-refractivity contribution in [1.82, 2.24) is 9.97 Å². The fourth-order valence-corrected chi connectivity index (χ4v) is 2.38. The zero-order valence-corrected chi connectivity index (χ0v) is 11.1. The van der Waals surface area contributed by atoms with E-state index in [0.29, 0.717) is 0 Å². The van der Waals surface area contributed by atoms with Crippen LogP contribution >= 0.6 is 0 Å². The van der Waals surface area contributed by atoms with Crippen LogP contribution in [0.15, 0.2) is 72.2 Å². The van der Waals surface area contributed by atoms with Crippen LogP contribution < -0.4 is 0 Å². The highest BCUT2D eigenvalue weighted by Crippen LogP contribution is 2.34. The minimum atomic E-state index is 0.190. The summed E-state index contributed by atoms with van der Waals surface area (Å²) < 4.78 is 0. The number of rotatable bonds is 2. The van der Waals surface area contributed by atoms with Gasteiger partial charge >= 0.3 is 0 Å². The Labute approximate surface area is 118 Å². The molecule has 2 aromatic heterocycles. The Morgan fingerprint density at radius 3 is 2.80 bits per heavy atom. The highest BCUT2D eigenvalue weighted by Gasteiger charge is 2.19. The van der Waals surface area contributed by atoms with Crippen LogP contribution in [0.4, 0.5) is 5.82 Å². The van der Waals surface area contributed by atoms with Gasteiger partial charge in [-0.05, 0) is 41.8 Å². The predicted molar refractivity (Wildman–Crippen MR) is 81.4 cm³/mol. The van der Waals surface area contributed by atoms with Crippen molar-refractivity contribution >= 4 is 12.0 Å². The summed E-state index contributed by atoms with van der Waals surface area (Å²) in [5.74, 6) is 0.965. The summed E-state index contributed by atoms with van der Waals surface area (Å²) in [7, 11) is 0. The van der Waals surface area contributed by atoms with Crippen molar-refractivity contribution in [3.63, 3.8) is 0 Å². The lowest BCUT2D eigenvalue weighted by Crippen LogP contribution is -2.07. The van der Waals surface area contributed by atoms with Gasteiger partial charge in [-0.1, -0.05) is 18.7 Å². The minimum absolute atomic E-state index is 0.190. The summed E-state index contributed by atoms with van der Waals surface area (Å²) in [4.78, 5) is 12.8. The highest BCUT2D eigenvalue weighted by atomic mass is 14.9. The number of fused-ring (bicyclic) bond motifs is 1. The third-order valence-electron chi connectivity index (χ3n) is 3.42. The summed E-state index contributed by atoms with van der Waals surface area (Å²) in [6.45, 7) is 4.20. The van der Waals surface area contributed by atoms with Gasteiger partial charge in [-0.2, -0.15) is 0 Å². The van der Waals surface area contributed by atoms with Gasteiger partial charge in [0.15, 0.2) is 5.82 Å². The van der Waals surface area contributed by atoms with Crippen LogP contribution in [0.5, 0.6) is 0 Å². The second-order valence-electron chi connectivity index (χ2n) is 4.74. The Morgan fingerprint density at radius 2 is 1.95 bits per heavy atom. The lowest BCUT2D eigenvalue weighted by molar-refractivity contribution is 0.800. The molecule has 0 spiro atoms. The Kier molecular flexibility index (Phi) is 3.50. The van der Waals surface area contributed by atoms with E-state index < -0.39 is 0 Å². The van der Waals surface area contributed by atoms with Gasteiger partial charge < -0.3 is 0 Å². The molecular weight excluding hydrogens is 246 g/mol. The summed E-state index contributed by atoms with van der Waals surface area (Å²) >= 11 is 0. The lowest BCUT2D eigenvalue weighted by Gasteiger charge is -2.20. The zero-order chi connectivity index (χ0) is 13.8. The maximum absolute atomic E-state index is 4.40. The molecule has 3 nitrogen and oxygen atoms in total. The van der Waals surface area contributed by atoms with Crippen LogP contribution in [0.2, 0.25) is 0 Å². The van der Waals surface area contributed by atoms with Crippen LogP contribution in [-0.4, -0.2) is 16.2 Å². The molecule has 3 rings (SSSR count). The maximum atomic E-state index is 4.40. The molecule has 0 aromatic carbocycles. The van der Waals surface area contributed by atoms with Gasteiger partial charge in [0.25, 0.3) is 0 Å². The average Bonchev–Trinajstić information content (AvgIpc) is 2.49. The molecule has 2 aromatic rings. The number of allylic oxidation sites excluding steroid dienone is 3. The third-order valence-corrected chi connectivity index (χ3v) is 3.42. The first-order valence-corrected chi connectivity index (χ1v) is 6.58. The second kappa shape index (κ2) is 5.61. The largest absolute Gasteiger partial charge is 0.265 e. The van der Waals surface area contributed by atoms with E-state index in [1.165, 1.54) is 5.56 Å². The van der Waals surface area contributed by atoms with Crippen LogP contribution in [0.25, 0.3) is 0 Å². The molecule has 1 atom stereocenters. The normalized spacial score (nSPS) is 20.6. The van der Waals surface area contributed by atoms with E-state index in [9.17, 15) is 0 Å². The first-order valence-electron chi connectivity index (χ1n) is 6.58. The molecule has 98 valence electrons. The highest BCUT2D eigenvalue weighted by molar-refractivity contribution is 5.76. The molecule has 0 saturated heterocycles. The lowest BCUT2D eigenvalue weighted by atomic mass is 9.86. The number of aliphatic imine (C=N–C) groups is 1. The number of hydrogen-bond acceptors (Lipinski definition) is 3. The van der Waals surface area contributed by atoms with Crippen LogP contribution in [-0.2, 0) is 6.42 Å². The maximum Gasteiger partial charge on any atom is 0.155 e. The number of hydrogen-bond donors (Lipinski definition) is 0. The van der Waals surface area contributed by atoms with E-state index in [-0.39, 0.29) is 5.92 Å². The predicted octanol–water partition coefficient (Wildman–Crippen LogP) is 3.63. The monoisotopic (exact) mass is 261 g/mol. The molecule has 0 amide bonds. The van der Waals surface area contributed by atoms with Gasteiger partial charge in [0.05, 0.1) is 0 Å². The Hall–Kier alpha value is -2.55. The van der Waals surface area contributed by atoms with Gasteiger partial charge in [0.1, 0.15) is 0 Å². The van der Waals surface area contributed by atoms with Crippen LogP contribution in [0, 0.1) is 0 Å². The van der Waals surface area contributed by atoms with Crippen LogP contribution in [0.1, 0.15) is 17.0 Å². The van der Waals surface area contributed by atoms with E-state index in [0.717, 1.165) is 23.4 Å². The first kappa shape index (κ1) is 12.5. The quantitative estimate of drug-likeness (QED) is 0.828. The summed E-state index contributed by atoms with van der Waals surface area (Å²) in [6, 6.07) is 8.10. The Morgan fingerprint density at radius 1 is 1.10 bits per heavy atom. The molecule has 0 radical (unpaired) electrons. The zero-order valence-electron chi connectivity index (χ0n) is 11.1. The molecule has 1 aliphatic rings. The van der Waals surface area contributed by atoms with Crippen molar-refractivity contribution in [2.45, 2.75) is 12.3 Å². The van der Waals surface area contributed by atoms with Gasteiger partial charge in [-0.15, -0.1) is 0 Å². The second-order valence-corrected chi connectivity index (χ2v) is 4.74. The van der Waals surface area contributed by atoms with Gasteiger partial charge in [0.2, 0.25) is 0 Å². The first-order chi connectivity index (χ1) is 9.84. The molecule has 0 bridgehead atoms. The third kappa shape index (κ3) is 2.57.